The lowest BCUT2D eigenvalue weighted by molar-refractivity contribution is 1.07. The van der Waals surface area contributed by atoms with Crippen molar-refractivity contribution in [2.24, 2.45) is 0 Å². The molecule has 8 aromatic heterocycles. The minimum Gasteiger partial charge on any atom is -0.264 e. The van der Waals surface area contributed by atoms with Crippen molar-refractivity contribution in [3.8, 4) is 0 Å². The van der Waals surface area contributed by atoms with Crippen LogP contribution < -0.4 is 0 Å². The molecule has 0 spiro atoms. The summed E-state index contributed by atoms with van der Waals surface area (Å²) in [4.78, 5) is 32.0. The summed E-state index contributed by atoms with van der Waals surface area (Å²) in [6.07, 6.45) is 23.7. The normalized spacial score (nSPS) is 8.83. The van der Waals surface area contributed by atoms with Crippen molar-refractivity contribution in [3.05, 3.63) is 123 Å². The predicted octanol–water partition coefficient (Wildman–Crippen LogP) is 8.20. The quantitative estimate of drug-likeness (QED) is 0.156. The Bertz CT molecular complexity index is 1410. The maximum atomic E-state index is 4.08. The van der Waals surface area contributed by atoms with Gasteiger partial charge in [-0.05, 0) is 36.4 Å². The number of aromatic nitrogens is 12. The Labute approximate surface area is 282 Å². The molecule has 0 fully saturated rings. The lowest BCUT2D eigenvalue weighted by Crippen LogP contribution is -1.81. The summed E-state index contributed by atoms with van der Waals surface area (Å²) in [5.74, 6) is 0. The molecule has 0 amide bonds. The van der Waals surface area contributed by atoms with Crippen molar-refractivity contribution in [1.29, 1.82) is 0 Å². The van der Waals surface area contributed by atoms with Crippen molar-refractivity contribution in [2.45, 2.75) is 55.4 Å². The van der Waals surface area contributed by atoms with Crippen LogP contribution in [0.2, 0.25) is 0 Å². The molecule has 0 aliphatic rings. The second-order valence-corrected chi connectivity index (χ2v) is 7.77. The van der Waals surface area contributed by atoms with Crippen LogP contribution in [-0.4, -0.2) is 60.3 Å². The zero-order valence-electron chi connectivity index (χ0n) is 28.9. The highest BCUT2D eigenvalue weighted by Crippen LogP contribution is 2.06. The van der Waals surface area contributed by atoms with Crippen molar-refractivity contribution >= 4 is 43.9 Å². The summed E-state index contributed by atoms with van der Waals surface area (Å²) in [6, 6.07) is 11.1. The summed E-state index contributed by atoms with van der Waals surface area (Å²) in [7, 11) is 0. The summed E-state index contributed by atoms with van der Waals surface area (Å²) in [5, 5.41) is 17.3. The molecular formula is C36H44N12. The van der Waals surface area contributed by atoms with Crippen LogP contribution in [-0.2, 0) is 0 Å². The molecule has 48 heavy (non-hydrogen) atoms. The molecule has 12 nitrogen and oxygen atoms in total. The van der Waals surface area contributed by atoms with Crippen LogP contribution in [0.4, 0.5) is 0 Å². The predicted molar refractivity (Wildman–Crippen MR) is 195 cm³/mol. The number of pyridine rings is 4. The Kier molecular flexibility index (Phi) is 21.8. The molecule has 0 N–H and O–H groups in total. The molecule has 0 bridgehead atoms. The smallest absolute Gasteiger partial charge is 0.107 e. The molecule has 8 heterocycles. The zero-order valence-corrected chi connectivity index (χ0v) is 28.9. The number of hydrogen-bond donors (Lipinski definition) is 0. The van der Waals surface area contributed by atoms with Gasteiger partial charge in [0, 0.05) is 72.7 Å². The molecule has 0 radical (unpaired) electrons. The average Bonchev–Trinajstić information content (AvgIpc) is 3.22. The molecule has 8 aromatic rings. The molecule has 12 heteroatoms. The summed E-state index contributed by atoms with van der Waals surface area (Å²) in [6.45, 7) is 16.0. The molecule has 0 aliphatic carbocycles. The van der Waals surface area contributed by atoms with Gasteiger partial charge in [-0.2, -0.15) is 20.4 Å². The molecular weight excluding hydrogens is 600 g/mol. The fourth-order valence-electron chi connectivity index (χ4n) is 3.29. The fraction of sp³-hybridized carbons (Fsp3) is 0.222. The van der Waals surface area contributed by atoms with Gasteiger partial charge in [-0.25, -0.2) is 0 Å². The van der Waals surface area contributed by atoms with Gasteiger partial charge in [0.15, 0.2) is 0 Å². The van der Waals surface area contributed by atoms with Crippen LogP contribution in [0.5, 0.6) is 0 Å². The van der Waals surface area contributed by atoms with Crippen LogP contribution in [0, 0.1) is 0 Å². The van der Waals surface area contributed by atoms with E-state index >= 15 is 0 Å². The number of fused-ring (bicyclic) bond motifs is 4. The largest absolute Gasteiger partial charge is 0.264 e. The summed E-state index contributed by atoms with van der Waals surface area (Å²) >= 11 is 0. The number of hydrogen-bond acceptors (Lipinski definition) is 12. The molecule has 8 rings (SSSR count). The fourth-order valence-corrected chi connectivity index (χ4v) is 3.29. The van der Waals surface area contributed by atoms with Gasteiger partial charge in [0.1, 0.15) is 11.0 Å². The van der Waals surface area contributed by atoms with E-state index in [2.05, 4.69) is 60.3 Å². The highest BCUT2D eigenvalue weighted by Gasteiger charge is 1.91. The highest BCUT2D eigenvalue weighted by atomic mass is 15.1. The first-order valence-electron chi connectivity index (χ1n) is 15.9. The second-order valence-electron chi connectivity index (χ2n) is 7.77. The number of rotatable bonds is 0. The van der Waals surface area contributed by atoms with E-state index in [0.717, 1.165) is 43.9 Å². The van der Waals surface area contributed by atoms with Gasteiger partial charge in [0.2, 0.25) is 0 Å². The van der Waals surface area contributed by atoms with Gasteiger partial charge in [0.05, 0.1) is 46.9 Å². The third-order valence-corrected chi connectivity index (χ3v) is 5.17. The molecule has 0 saturated heterocycles. The highest BCUT2D eigenvalue weighted by molar-refractivity contribution is 5.76. The minimum absolute atomic E-state index is 0.838. The first-order valence-corrected chi connectivity index (χ1v) is 15.9. The first kappa shape index (κ1) is 40.0. The lowest BCUT2D eigenvalue weighted by atomic mass is 10.3. The van der Waals surface area contributed by atoms with E-state index in [-0.39, 0.29) is 0 Å². The Balaban J connectivity index is 0.000000299. The first-order chi connectivity index (χ1) is 23.9. The van der Waals surface area contributed by atoms with Gasteiger partial charge in [-0.1, -0.05) is 55.4 Å². The van der Waals surface area contributed by atoms with Crippen molar-refractivity contribution < 1.29 is 0 Å². The third-order valence-electron chi connectivity index (χ3n) is 5.17. The monoisotopic (exact) mass is 644 g/mol. The van der Waals surface area contributed by atoms with Gasteiger partial charge in [-0.3, -0.25) is 39.9 Å². The summed E-state index contributed by atoms with van der Waals surface area (Å²) < 4.78 is 0. The van der Waals surface area contributed by atoms with Gasteiger partial charge >= 0.3 is 0 Å². The SMILES string of the molecule is CC.CC.CC.CC.c1cc2nccnc2cn1.c1cc2nccnc2cn1.c1cc2nnccc2cn1.c1cc2nnccc2cn1. The number of nitrogens with zero attached hydrogens (tertiary/aromatic N) is 12. The van der Waals surface area contributed by atoms with Crippen LogP contribution in [0.3, 0.4) is 0 Å². The van der Waals surface area contributed by atoms with Crippen LogP contribution in [0.15, 0.2) is 123 Å². The lowest BCUT2D eigenvalue weighted by Gasteiger charge is -1.90. The van der Waals surface area contributed by atoms with E-state index in [1.54, 1.807) is 86.8 Å². The Morgan fingerprint density at radius 1 is 0.292 bits per heavy atom. The minimum atomic E-state index is 0.838. The van der Waals surface area contributed by atoms with Crippen LogP contribution >= 0.6 is 0 Å². The van der Waals surface area contributed by atoms with Crippen molar-refractivity contribution in [2.75, 3.05) is 0 Å². The standard InChI is InChI=1S/4C7H5N3.4C2H6/c2*1-4-9-10-7-2-3-8-5-6(1)7;2*1-2-8-5-7-6(1)9-3-4-10-7;4*1-2/h4*1-5H;4*1-2H3. The van der Waals surface area contributed by atoms with Crippen molar-refractivity contribution in [1.82, 2.24) is 60.3 Å². The molecule has 248 valence electrons. The Morgan fingerprint density at radius 2 is 0.604 bits per heavy atom. The molecule has 0 saturated carbocycles. The maximum Gasteiger partial charge on any atom is 0.107 e. The second kappa shape index (κ2) is 26.2. The van der Waals surface area contributed by atoms with Gasteiger partial charge in [-0.15, -0.1) is 0 Å². The van der Waals surface area contributed by atoms with E-state index in [9.17, 15) is 0 Å². The van der Waals surface area contributed by atoms with Gasteiger partial charge < -0.3 is 0 Å². The van der Waals surface area contributed by atoms with E-state index < -0.39 is 0 Å². The Morgan fingerprint density at radius 3 is 0.938 bits per heavy atom. The van der Waals surface area contributed by atoms with E-state index in [1.807, 2.05) is 91.8 Å². The summed E-state index contributed by atoms with van der Waals surface area (Å²) in [5.41, 5.74) is 5.22. The zero-order chi connectivity index (χ0) is 35.2. The molecule has 0 aliphatic heterocycles. The molecule has 0 unspecified atom stereocenters. The maximum absolute atomic E-state index is 4.08. The van der Waals surface area contributed by atoms with E-state index in [4.69, 9.17) is 0 Å². The topological polar surface area (TPSA) is 155 Å². The van der Waals surface area contributed by atoms with Gasteiger partial charge in [0.25, 0.3) is 0 Å². The Hall–Kier alpha value is -6.04. The van der Waals surface area contributed by atoms with Crippen LogP contribution in [0.25, 0.3) is 43.9 Å². The van der Waals surface area contributed by atoms with Crippen molar-refractivity contribution in [3.63, 3.8) is 0 Å². The third kappa shape index (κ3) is 13.9. The van der Waals surface area contributed by atoms with E-state index in [0.29, 0.717) is 0 Å². The molecule has 0 atom stereocenters. The molecule has 0 aromatic carbocycles. The average molecular weight is 645 g/mol. The van der Waals surface area contributed by atoms with E-state index in [1.165, 1.54) is 0 Å². The van der Waals surface area contributed by atoms with Crippen LogP contribution in [0.1, 0.15) is 55.4 Å².